The minimum atomic E-state index is -2.97. The van der Waals surface area contributed by atoms with E-state index in [0.29, 0.717) is 36.4 Å². The normalized spacial score (nSPS) is 15.7. The van der Waals surface area contributed by atoms with E-state index in [1.54, 1.807) is 18.2 Å². The van der Waals surface area contributed by atoms with Gasteiger partial charge in [-0.05, 0) is 55.2 Å². The fourth-order valence-electron chi connectivity index (χ4n) is 3.61. The zero-order valence-corrected chi connectivity index (χ0v) is 18.8. The maximum Gasteiger partial charge on any atom is 0.387 e. The van der Waals surface area contributed by atoms with Gasteiger partial charge in [0.2, 0.25) is 5.91 Å². The van der Waals surface area contributed by atoms with E-state index in [0.717, 1.165) is 0 Å². The van der Waals surface area contributed by atoms with Gasteiger partial charge in [-0.3, -0.25) is 9.59 Å². The molecule has 32 heavy (non-hydrogen) atoms. The van der Waals surface area contributed by atoms with E-state index in [-0.39, 0.29) is 40.4 Å². The number of alkyl halides is 2. The second-order valence-corrected chi connectivity index (χ2v) is 8.03. The summed E-state index contributed by atoms with van der Waals surface area (Å²) in [7, 11) is 1.36. The minimum absolute atomic E-state index is 0.0720. The highest BCUT2D eigenvalue weighted by Crippen LogP contribution is 2.30. The summed E-state index contributed by atoms with van der Waals surface area (Å²) in [5, 5.41) is 3.46. The van der Waals surface area contributed by atoms with Gasteiger partial charge in [0, 0.05) is 18.1 Å². The number of nitrogens with zero attached hydrogens (tertiary/aromatic N) is 1. The predicted molar refractivity (Wildman–Crippen MR) is 117 cm³/mol. The van der Waals surface area contributed by atoms with Gasteiger partial charge in [0.1, 0.15) is 6.04 Å². The van der Waals surface area contributed by atoms with Crippen LogP contribution < -0.4 is 14.8 Å². The van der Waals surface area contributed by atoms with Crippen LogP contribution >= 0.6 is 23.2 Å². The van der Waals surface area contributed by atoms with E-state index in [1.165, 1.54) is 30.2 Å². The van der Waals surface area contributed by atoms with Gasteiger partial charge in [-0.2, -0.15) is 8.78 Å². The van der Waals surface area contributed by atoms with Crippen molar-refractivity contribution in [1.82, 2.24) is 10.2 Å². The molecule has 0 spiro atoms. The topological polar surface area (TPSA) is 67.9 Å². The van der Waals surface area contributed by atoms with Gasteiger partial charge in [0.15, 0.2) is 11.5 Å². The summed E-state index contributed by atoms with van der Waals surface area (Å²) in [6.07, 6.45) is 1.61. The molecule has 2 aromatic carbocycles. The molecule has 1 N–H and O–H groups in total. The lowest BCUT2D eigenvalue weighted by Gasteiger charge is -2.24. The van der Waals surface area contributed by atoms with Crippen LogP contribution in [-0.2, 0) is 11.2 Å². The molecule has 1 aliphatic rings. The lowest BCUT2D eigenvalue weighted by Crippen LogP contribution is -2.46. The summed E-state index contributed by atoms with van der Waals surface area (Å²) in [4.78, 5) is 27.2. The van der Waals surface area contributed by atoms with Crippen molar-refractivity contribution in [2.75, 3.05) is 20.2 Å². The molecular formula is C22H22Cl2F2N2O4. The Balaban J connectivity index is 1.61. The Labute approximate surface area is 194 Å². The molecule has 0 aliphatic carbocycles. The van der Waals surface area contributed by atoms with Gasteiger partial charge >= 0.3 is 6.61 Å². The number of hydrogen-bond donors (Lipinski definition) is 1. The molecule has 3 rings (SSSR count). The second-order valence-electron chi connectivity index (χ2n) is 7.19. The Bertz CT molecular complexity index is 990. The van der Waals surface area contributed by atoms with Gasteiger partial charge in [-0.25, -0.2) is 0 Å². The zero-order chi connectivity index (χ0) is 23.3. The van der Waals surface area contributed by atoms with Crippen molar-refractivity contribution in [3.8, 4) is 11.5 Å². The van der Waals surface area contributed by atoms with Crippen LogP contribution in [0.5, 0.6) is 11.5 Å². The van der Waals surface area contributed by atoms with E-state index in [2.05, 4.69) is 10.1 Å². The monoisotopic (exact) mass is 486 g/mol. The lowest BCUT2D eigenvalue weighted by atomic mass is 10.1. The molecule has 1 unspecified atom stereocenters. The van der Waals surface area contributed by atoms with Crippen LogP contribution in [0, 0.1) is 0 Å². The summed E-state index contributed by atoms with van der Waals surface area (Å²) in [5.74, 6) is -0.513. The molecule has 1 atom stereocenters. The first kappa shape index (κ1) is 24.1. The maximum absolute atomic E-state index is 12.9. The van der Waals surface area contributed by atoms with Gasteiger partial charge in [-0.15, -0.1) is 0 Å². The fraction of sp³-hybridized carbons (Fsp3) is 0.364. The number of halogens is 4. The third kappa shape index (κ3) is 5.81. The van der Waals surface area contributed by atoms with Crippen LogP contribution in [0.1, 0.15) is 28.8 Å². The van der Waals surface area contributed by atoms with Crippen LogP contribution in [0.4, 0.5) is 8.78 Å². The van der Waals surface area contributed by atoms with Crippen LogP contribution in [0.2, 0.25) is 10.0 Å². The number of benzene rings is 2. The van der Waals surface area contributed by atoms with Gasteiger partial charge in [0.25, 0.3) is 5.91 Å². The Morgan fingerprint density at radius 2 is 1.97 bits per heavy atom. The Morgan fingerprint density at radius 3 is 2.69 bits per heavy atom. The van der Waals surface area contributed by atoms with E-state index in [9.17, 15) is 18.4 Å². The molecule has 1 saturated heterocycles. The first-order chi connectivity index (χ1) is 15.3. The number of likely N-dealkylation sites (tertiary alicyclic amines) is 1. The molecule has 0 bridgehead atoms. The lowest BCUT2D eigenvalue weighted by molar-refractivity contribution is -0.124. The molecule has 10 heteroatoms. The van der Waals surface area contributed by atoms with E-state index < -0.39 is 12.7 Å². The minimum Gasteiger partial charge on any atom is -0.493 e. The van der Waals surface area contributed by atoms with Gasteiger partial charge < -0.3 is 19.7 Å². The highest BCUT2D eigenvalue weighted by molar-refractivity contribution is 6.35. The van der Waals surface area contributed by atoms with Crippen LogP contribution in [0.15, 0.2) is 36.4 Å². The average molecular weight is 487 g/mol. The molecular weight excluding hydrogens is 465 g/mol. The molecule has 0 radical (unpaired) electrons. The highest BCUT2D eigenvalue weighted by Gasteiger charge is 2.35. The van der Waals surface area contributed by atoms with E-state index >= 15 is 0 Å². The first-order valence-electron chi connectivity index (χ1n) is 9.95. The Morgan fingerprint density at radius 1 is 1.19 bits per heavy atom. The second kappa shape index (κ2) is 10.8. The van der Waals surface area contributed by atoms with Crippen LogP contribution in [0.3, 0.4) is 0 Å². The van der Waals surface area contributed by atoms with Crippen molar-refractivity contribution in [2.24, 2.45) is 0 Å². The standard InChI is InChI=1S/C22H22Cl2F2N2O4/c1-31-18-7-4-13(11-19(18)32-22(25)26)8-9-27-20(29)17-3-2-10-28(17)21(30)15-12-14(23)5-6-16(15)24/h4-7,11-12,17,22H,2-3,8-10H2,1H3,(H,27,29). The smallest absolute Gasteiger partial charge is 0.387 e. The van der Waals surface area contributed by atoms with Crippen molar-refractivity contribution in [2.45, 2.75) is 31.9 Å². The summed E-state index contributed by atoms with van der Waals surface area (Å²) in [6, 6.07) is 8.68. The summed E-state index contributed by atoms with van der Waals surface area (Å²) < 4.78 is 34.7. The summed E-state index contributed by atoms with van der Waals surface area (Å²) in [5.41, 5.74) is 0.940. The van der Waals surface area contributed by atoms with Crippen LogP contribution in [0.25, 0.3) is 0 Å². The SMILES string of the molecule is COc1ccc(CCNC(=O)C2CCCN2C(=O)c2cc(Cl)ccc2Cl)cc1OC(F)F. The fourth-order valence-corrected chi connectivity index (χ4v) is 3.98. The molecule has 6 nitrogen and oxygen atoms in total. The molecule has 1 heterocycles. The number of hydrogen-bond acceptors (Lipinski definition) is 4. The number of nitrogens with one attached hydrogen (secondary N) is 1. The average Bonchev–Trinajstić information content (AvgIpc) is 3.25. The van der Waals surface area contributed by atoms with Crippen LogP contribution in [-0.4, -0.2) is 49.6 Å². The summed E-state index contributed by atoms with van der Waals surface area (Å²) >= 11 is 12.1. The van der Waals surface area contributed by atoms with Crippen molar-refractivity contribution in [3.63, 3.8) is 0 Å². The molecule has 2 aromatic rings. The number of carbonyl (C=O) groups is 2. The number of carbonyl (C=O) groups excluding carboxylic acids is 2. The van der Waals surface area contributed by atoms with Crippen molar-refractivity contribution in [1.29, 1.82) is 0 Å². The molecule has 1 fully saturated rings. The Hall–Kier alpha value is -2.58. The highest BCUT2D eigenvalue weighted by atomic mass is 35.5. The first-order valence-corrected chi connectivity index (χ1v) is 10.7. The number of rotatable bonds is 8. The molecule has 2 amide bonds. The number of ether oxygens (including phenoxy) is 2. The molecule has 0 aromatic heterocycles. The van der Waals surface area contributed by atoms with Crippen molar-refractivity contribution in [3.05, 3.63) is 57.6 Å². The Kier molecular flexibility index (Phi) is 8.15. The zero-order valence-electron chi connectivity index (χ0n) is 17.2. The maximum atomic E-state index is 12.9. The summed E-state index contributed by atoms with van der Waals surface area (Å²) in [6.45, 7) is -2.28. The van der Waals surface area contributed by atoms with Gasteiger partial charge in [0.05, 0.1) is 17.7 Å². The third-order valence-corrected chi connectivity index (χ3v) is 5.70. The molecule has 172 valence electrons. The largest absolute Gasteiger partial charge is 0.493 e. The van der Waals surface area contributed by atoms with E-state index in [1.807, 2.05) is 0 Å². The van der Waals surface area contributed by atoms with Crippen molar-refractivity contribution < 1.29 is 27.8 Å². The number of amides is 2. The van der Waals surface area contributed by atoms with E-state index in [4.69, 9.17) is 27.9 Å². The molecule has 1 aliphatic heterocycles. The molecule has 0 saturated carbocycles. The van der Waals surface area contributed by atoms with Crippen molar-refractivity contribution >= 4 is 35.0 Å². The van der Waals surface area contributed by atoms with Gasteiger partial charge in [-0.1, -0.05) is 29.3 Å². The quantitative estimate of drug-likeness (QED) is 0.593. The predicted octanol–water partition coefficient (Wildman–Crippen LogP) is 4.57. The third-order valence-electron chi connectivity index (χ3n) is 5.13. The number of methoxy groups -OCH3 is 1.